The quantitative estimate of drug-likeness (QED) is 0.697. The number of nitrogens with zero attached hydrogens (tertiary/aromatic N) is 2. The van der Waals surface area contributed by atoms with Crippen molar-refractivity contribution in [2.45, 2.75) is 18.8 Å². The summed E-state index contributed by atoms with van der Waals surface area (Å²) in [6.07, 6.45) is 3.17. The number of piperidine rings is 1. The van der Waals surface area contributed by atoms with Crippen molar-refractivity contribution in [2.75, 3.05) is 20.1 Å². The maximum absolute atomic E-state index is 10.5. The van der Waals surface area contributed by atoms with Crippen molar-refractivity contribution in [3.63, 3.8) is 0 Å². The maximum atomic E-state index is 10.5. The van der Waals surface area contributed by atoms with E-state index < -0.39 is 0 Å². The molecular weight excluding hydrogens is 196 g/mol. The molecule has 1 aliphatic rings. The van der Waals surface area contributed by atoms with E-state index in [1.165, 1.54) is 12.8 Å². The first-order chi connectivity index (χ1) is 6.79. The highest BCUT2D eigenvalue weighted by Crippen LogP contribution is 2.29. The Hall–Kier alpha value is -0.740. The Kier molecular flexibility index (Phi) is 2.93. The zero-order valence-electron chi connectivity index (χ0n) is 8.27. The minimum Gasteiger partial charge on any atom is -0.306 e. The molecule has 1 aromatic heterocycles. The van der Waals surface area contributed by atoms with Gasteiger partial charge in [-0.1, -0.05) is 0 Å². The van der Waals surface area contributed by atoms with Crippen LogP contribution in [-0.4, -0.2) is 36.3 Å². The number of carbonyl (C=O) groups is 1. The van der Waals surface area contributed by atoms with Gasteiger partial charge in [0.2, 0.25) is 0 Å². The van der Waals surface area contributed by atoms with Crippen LogP contribution >= 0.6 is 11.3 Å². The minimum absolute atomic E-state index is 0.574. The van der Waals surface area contributed by atoms with Crippen molar-refractivity contribution in [3.8, 4) is 0 Å². The summed E-state index contributed by atoms with van der Waals surface area (Å²) in [5.74, 6) is 0.574. The SMILES string of the molecule is CN1CCC(c2nc(C=O)cs2)CC1. The van der Waals surface area contributed by atoms with E-state index in [1.807, 2.05) is 5.38 Å². The summed E-state index contributed by atoms with van der Waals surface area (Å²) >= 11 is 1.62. The average Bonchev–Trinajstić information content (AvgIpc) is 2.67. The summed E-state index contributed by atoms with van der Waals surface area (Å²) in [6.45, 7) is 2.28. The fourth-order valence-electron chi connectivity index (χ4n) is 1.80. The first-order valence-electron chi connectivity index (χ1n) is 4.88. The molecule has 0 unspecified atom stereocenters. The van der Waals surface area contributed by atoms with Crippen molar-refractivity contribution < 1.29 is 4.79 Å². The fraction of sp³-hybridized carbons (Fsp3) is 0.600. The second-order valence-corrected chi connectivity index (χ2v) is 4.70. The molecule has 0 N–H and O–H groups in total. The van der Waals surface area contributed by atoms with Gasteiger partial charge in [-0.25, -0.2) is 4.98 Å². The first-order valence-corrected chi connectivity index (χ1v) is 5.76. The number of hydrogen-bond donors (Lipinski definition) is 0. The molecule has 0 aliphatic carbocycles. The first kappa shape index (κ1) is 9.80. The highest BCUT2D eigenvalue weighted by Gasteiger charge is 2.20. The van der Waals surface area contributed by atoms with Crippen LogP contribution in [0.5, 0.6) is 0 Å². The van der Waals surface area contributed by atoms with E-state index in [2.05, 4.69) is 16.9 Å². The Balaban J connectivity index is 2.04. The molecule has 1 fully saturated rings. The smallest absolute Gasteiger partial charge is 0.169 e. The lowest BCUT2D eigenvalue weighted by Crippen LogP contribution is -2.29. The molecule has 0 bridgehead atoms. The Labute approximate surface area is 87.8 Å². The number of aldehydes is 1. The zero-order chi connectivity index (χ0) is 9.97. The van der Waals surface area contributed by atoms with Crippen LogP contribution in [0.3, 0.4) is 0 Å². The average molecular weight is 210 g/mol. The Morgan fingerprint density at radius 1 is 1.57 bits per heavy atom. The predicted molar refractivity (Wildman–Crippen MR) is 57.0 cm³/mol. The van der Waals surface area contributed by atoms with E-state index in [4.69, 9.17) is 0 Å². The molecule has 1 aromatic rings. The summed E-state index contributed by atoms with van der Waals surface area (Å²) in [5, 5.41) is 2.99. The molecule has 4 heteroatoms. The van der Waals surface area contributed by atoms with Crippen LogP contribution in [0.25, 0.3) is 0 Å². The van der Waals surface area contributed by atoms with Crippen molar-refractivity contribution in [3.05, 3.63) is 16.1 Å². The van der Waals surface area contributed by atoms with Gasteiger partial charge in [0.15, 0.2) is 6.29 Å². The van der Waals surface area contributed by atoms with E-state index in [9.17, 15) is 4.79 Å². The standard InChI is InChI=1S/C10H14N2OS/c1-12-4-2-8(3-5-12)10-11-9(6-13)7-14-10/h6-8H,2-5H2,1H3. The number of thiazole rings is 1. The van der Waals surface area contributed by atoms with Gasteiger partial charge < -0.3 is 4.90 Å². The molecule has 0 radical (unpaired) electrons. The number of carbonyl (C=O) groups excluding carboxylic acids is 1. The predicted octanol–water partition coefficient (Wildman–Crippen LogP) is 1.76. The summed E-state index contributed by atoms with van der Waals surface area (Å²) < 4.78 is 0. The van der Waals surface area contributed by atoms with Crippen molar-refractivity contribution in [2.24, 2.45) is 0 Å². The lowest BCUT2D eigenvalue weighted by molar-refractivity contribution is 0.111. The topological polar surface area (TPSA) is 33.2 Å². The van der Waals surface area contributed by atoms with Gasteiger partial charge in [-0.3, -0.25) is 4.79 Å². The van der Waals surface area contributed by atoms with Gasteiger partial charge >= 0.3 is 0 Å². The van der Waals surface area contributed by atoms with E-state index >= 15 is 0 Å². The van der Waals surface area contributed by atoms with Crippen molar-refractivity contribution >= 4 is 17.6 Å². The zero-order valence-corrected chi connectivity index (χ0v) is 9.09. The van der Waals surface area contributed by atoms with Gasteiger partial charge in [-0.15, -0.1) is 11.3 Å². The van der Waals surface area contributed by atoms with E-state index in [0.29, 0.717) is 11.6 Å². The molecule has 1 aliphatic heterocycles. The molecule has 0 spiro atoms. The van der Waals surface area contributed by atoms with Gasteiger partial charge in [0.05, 0.1) is 5.01 Å². The third-order valence-electron chi connectivity index (χ3n) is 2.73. The third-order valence-corrected chi connectivity index (χ3v) is 3.75. The van der Waals surface area contributed by atoms with E-state index in [-0.39, 0.29) is 0 Å². The van der Waals surface area contributed by atoms with E-state index in [0.717, 1.165) is 24.4 Å². The largest absolute Gasteiger partial charge is 0.306 e. The third kappa shape index (κ3) is 2.01. The van der Waals surface area contributed by atoms with Crippen LogP contribution in [-0.2, 0) is 0 Å². The van der Waals surface area contributed by atoms with Gasteiger partial charge in [0.1, 0.15) is 5.69 Å². The Morgan fingerprint density at radius 2 is 2.29 bits per heavy atom. The molecule has 2 heterocycles. The Bertz CT molecular complexity index is 316. The normalized spacial score (nSPS) is 19.8. The molecule has 0 atom stereocenters. The molecule has 3 nitrogen and oxygen atoms in total. The van der Waals surface area contributed by atoms with Crippen molar-refractivity contribution in [1.82, 2.24) is 9.88 Å². The summed E-state index contributed by atoms with van der Waals surface area (Å²) in [6, 6.07) is 0. The van der Waals surface area contributed by atoms with Crippen molar-refractivity contribution in [1.29, 1.82) is 0 Å². The molecule has 2 rings (SSSR count). The van der Waals surface area contributed by atoms with Gasteiger partial charge in [-0.05, 0) is 33.0 Å². The van der Waals surface area contributed by atoms with Crippen LogP contribution in [0.4, 0.5) is 0 Å². The van der Waals surface area contributed by atoms with Crippen LogP contribution in [0.15, 0.2) is 5.38 Å². The molecule has 0 saturated carbocycles. The molecule has 0 amide bonds. The number of likely N-dealkylation sites (tertiary alicyclic amines) is 1. The fourth-order valence-corrected chi connectivity index (χ4v) is 2.73. The molecule has 1 saturated heterocycles. The molecule has 14 heavy (non-hydrogen) atoms. The van der Waals surface area contributed by atoms with Gasteiger partial charge in [0.25, 0.3) is 0 Å². The van der Waals surface area contributed by atoms with Crippen LogP contribution < -0.4 is 0 Å². The second-order valence-electron chi connectivity index (χ2n) is 3.81. The van der Waals surface area contributed by atoms with Crippen LogP contribution in [0.2, 0.25) is 0 Å². The second kappa shape index (κ2) is 4.19. The molecule has 0 aromatic carbocycles. The van der Waals surface area contributed by atoms with Gasteiger partial charge in [-0.2, -0.15) is 0 Å². The highest BCUT2D eigenvalue weighted by molar-refractivity contribution is 7.09. The maximum Gasteiger partial charge on any atom is 0.169 e. The van der Waals surface area contributed by atoms with Crippen LogP contribution in [0, 0.1) is 0 Å². The van der Waals surface area contributed by atoms with E-state index in [1.54, 1.807) is 11.3 Å². The minimum atomic E-state index is 0.574. The molecule has 76 valence electrons. The summed E-state index contributed by atoms with van der Waals surface area (Å²) in [7, 11) is 2.15. The highest BCUT2D eigenvalue weighted by atomic mass is 32.1. The Morgan fingerprint density at radius 3 is 2.86 bits per heavy atom. The molecular formula is C10H14N2OS. The monoisotopic (exact) mass is 210 g/mol. The number of hydrogen-bond acceptors (Lipinski definition) is 4. The summed E-state index contributed by atoms with van der Waals surface area (Å²) in [5.41, 5.74) is 0.587. The van der Waals surface area contributed by atoms with Crippen LogP contribution in [0.1, 0.15) is 34.3 Å². The lowest BCUT2D eigenvalue weighted by atomic mass is 9.98. The number of aromatic nitrogens is 1. The number of rotatable bonds is 2. The summed E-state index contributed by atoms with van der Waals surface area (Å²) in [4.78, 5) is 17.1. The lowest BCUT2D eigenvalue weighted by Gasteiger charge is -2.27. The van der Waals surface area contributed by atoms with Gasteiger partial charge in [0, 0.05) is 11.3 Å².